The van der Waals surface area contributed by atoms with E-state index in [0.29, 0.717) is 13.1 Å². The summed E-state index contributed by atoms with van der Waals surface area (Å²) in [6, 6.07) is -1.59. The van der Waals surface area contributed by atoms with Crippen molar-refractivity contribution in [1.82, 2.24) is 16.0 Å². The number of carboxylic acid groups (broad SMARTS) is 1. The molecule has 0 aromatic carbocycles. The van der Waals surface area contributed by atoms with Crippen LogP contribution in [0, 0.1) is 0 Å². The molecule has 7 nitrogen and oxygen atoms in total. The molecule has 41 heavy (non-hydrogen) atoms. The van der Waals surface area contributed by atoms with E-state index in [2.05, 4.69) is 29.8 Å². The summed E-state index contributed by atoms with van der Waals surface area (Å²) in [6.45, 7) is 5.63. The molecule has 0 saturated heterocycles. The van der Waals surface area contributed by atoms with Gasteiger partial charge in [-0.25, -0.2) is 9.59 Å². The molecule has 242 valence electrons. The molecule has 0 aliphatic rings. The van der Waals surface area contributed by atoms with Gasteiger partial charge in [0.2, 0.25) is 0 Å². The van der Waals surface area contributed by atoms with E-state index in [1.54, 1.807) is 0 Å². The SMILES string of the molecule is CCCCCCCCCCCCCCNC(=O)N[C@@H](CSC(=O)NCCCCCCCCCCCCCC)C(=O)O. The minimum Gasteiger partial charge on any atom is -0.480 e. The van der Waals surface area contributed by atoms with Crippen molar-refractivity contribution in [2.75, 3.05) is 18.8 Å². The number of carbonyl (C=O) groups excluding carboxylic acids is 2. The fourth-order valence-corrected chi connectivity index (χ4v) is 5.67. The molecule has 0 fully saturated rings. The van der Waals surface area contributed by atoms with Crippen molar-refractivity contribution < 1.29 is 19.5 Å². The highest BCUT2D eigenvalue weighted by Gasteiger charge is 2.21. The van der Waals surface area contributed by atoms with Crippen LogP contribution in [0.4, 0.5) is 9.59 Å². The van der Waals surface area contributed by atoms with Gasteiger partial charge in [-0.15, -0.1) is 0 Å². The third-order valence-corrected chi connectivity index (χ3v) is 8.51. The number of urea groups is 1. The first kappa shape index (κ1) is 39.6. The second kappa shape index (κ2) is 31.5. The Morgan fingerprint density at radius 3 is 1.24 bits per heavy atom. The van der Waals surface area contributed by atoms with Gasteiger partial charge in [0, 0.05) is 18.8 Å². The zero-order valence-corrected chi connectivity index (χ0v) is 27.6. The van der Waals surface area contributed by atoms with Crippen LogP contribution in [0.3, 0.4) is 0 Å². The zero-order valence-electron chi connectivity index (χ0n) is 26.7. The van der Waals surface area contributed by atoms with Gasteiger partial charge in [-0.1, -0.05) is 167 Å². The highest BCUT2D eigenvalue weighted by Crippen LogP contribution is 2.13. The molecular weight excluding hydrogens is 534 g/mol. The van der Waals surface area contributed by atoms with Crippen molar-refractivity contribution in [3.63, 3.8) is 0 Å². The Morgan fingerprint density at radius 2 is 0.878 bits per heavy atom. The average Bonchev–Trinajstić information content (AvgIpc) is 2.95. The van der Waals surface area contributed by atoms with Gasteiger partial charge >= 0.3 is 12.0 Å². The third-order valence-electron chi connectivity index (χ3n) is 7.60. The van der Waals surface area contributed by atoms with Gasteiger partial charge in [0.15, 0.2) is 0 Å². The first-order valence-corrected chi connectivity index (χ1v) is 18.2. The van der Waals surface area contributed by atoms with E-state index in [-0.39, 0.29) is 11.0 Å². The lowest BCUT2D eigenvalue weighted by atomic mass is 10.1. The molecule has 0 unspecified atom stereocenters. The summed E-state index contributed by atoms with van der Waals surface area (Å²) in [5.74, 6) is -1.13. The van der Waals surface area contributed by atoms with Gasteiger partial charge in [-0.05, 0) is 12.8 Å². The molecule has 1 atom stereocenters. The van der Waals surface area contributed by atoms with E-state index in [4.69, 9.17) is 0 Å². The highest BCUT2D eigenvalue weighted by molar-refractivity contribution is 8.13. The summed E-state index contributed by atoms with van der Waals surface area (Å²) >= 11 is 0.913. The van der Waals surface area contributed by atoms with Crippen LogP contribution in [0.5, 0.6) is 0 Å². The highest BCUT2D eigenvalue weighted by atomic mass is 32.2. The topological polar surface area (TPSA) is 108 Å². The molecule has 0 aromatic heterocycles. The van der Waals surface area contributed by atoms with E-state index in [9.17, 15) is 19.5 Å². The number of hydrogen-bond donors (Lipinski definition) is 4. The fraction of sp³-hybridized carbons (Fsp3) is 0.909. The number of carboxylic acids is 1. The van der Waals surface area contributed by atoms with Crippen LogP contribution >= 0.6 is 11.8 Å². The summed E-state index contributed by atoms with van der Waals surface area (Å²) in [7, 11) is 0. The van der Waals surface area contributed by atoms with Crippen molar-refractivity contribution in [3.8, 4) is 0 Å². The number of carbonyl (C=O) groups is 3. The van der Waals surface area contributed by atoms with Crippen molar-refractivity contribution >= 4 is 29.0 Å². The van der Waals surface area contributed by atoms with Gasteiger partial charge in [0.1, 0.15) is 6.04 Å². The third kappa shape index (κ3) is 29.8. The van der Waals surface area contributed by atoms with Crippen LogP contribution < -0.4 is 16.0 Å². The minimum absolute atomic E-state index is 0.00559. The van der Waals surface area contributed by atoms with Crippen LogP contribution in [0.2, 0.25) is 0 Å². The number of nitrogens with one attached hydrogen (secondary N) is 3. The summed E-state index contributed by atoms with van der Waals surface area (Å²) in [5, 5.41) is 17.3. The molecule has 0 aliphatic carbocycles. The molecular formula is C33H65N3O4S. The monoisotopic (exact) mass is 599 g/mol. The number of hydrogen-bond acceptors (Lipinski definition) is 4. The Balaban J connectivity index is 3.66. The molecule has 8 heteroatoms. The standard InChI is InChI=1S/C33H65N3O4S/c1-3-5-7-9-11-13-15-17-19-21-23-25-27-34-32(39)36-30(31(37)38)29-41-33(40)35-28-26-24-22-20-18-16-14-12-10-8-6-4-2/h30H,3-29H2,1-2H3,(H,35,40)(H,37,38)(H2,34,36,39)/t30-/m0/s1. The van der Waals surface area contributed by atoms with Crippen LogP contribution in [0.1, 0.15) is 168 Å². The van der Waals surface area contributed by atoms with Crippen molar-refractivity contribution in [2.45, 2.75) is 174 Å². The molecule has 0 rings (SSSR count). The van der Waals surface area contributed by atoms with E-state index < -0.39 is 18.0 Å². The molecule has 4 N–H and O–H groups in total. The minimum atomic E-state index is -1.13. The normalized spacial score (nSPS) is 11.8. The molecule has 3 amide bonds. The number of thioether (sulfide) groups is 1. The van der Waals surface area contributed by atoms with Gasteiger partial charge in [-0.3, -0.25) is 4.79 Å². The van der Waals surface area contributed by atoms with Gasteiger partial charge in [0.05, 0.1) is 0 Å². The van der Waals surface area contributed by atoms with Gasteiger partial charge < -0.3 is 21.1 Å². The Labute approximate surface area is 256 Å². The molecule has 0 bridgehead atoms. The smallest absolute Gasteiger partial charge is 0.327 e. The summed E-state index contributed by atoms with van der Waals surface area (Å²) in [4.78, 5) is 35.7. The predicted octanol–water partition coefficient (Wildman–Crippen LogP) is 9.58. The van der Waals surface area contributed by atoms with E-state index in [0.717, 1.165) is 37.4 Å². The van der Waals surface area contributed by atoms with Crippen LogP contribution in [0.25, 0.3) is 0 Å². The summed E-state index contributed by atoms with van der Waals surface area (Å²) < 4.78 is 0. The molecule has 0 radical (unpaired) electrons. The second-order valence-corrected chi connectivity index (χ2v) is 12.6. The molecule has 0 heterocycles. The lowest BCUT2D eigenvalue weighted by molar-refractivity contribution is -0.138. The molecule has 0 aliphatic heterocycles. The van der Waals surface area contributed by atoms with Crippen molar-refractivity contribution in [2.24, 2.45) is 0 Å². The van der Waals surface area contributed by atoms with E-state index >= 15 is 0 Å². The van der Waals surface area contributed by atoms with E-state index in [1.165, 1.54) is 128 Å². The van der Waals surface area contributed by atoms with Gasteiger partial charge in [-0.2, -0.15) is 0 Å². The van der Waals surface area contributed by atoms with Crippen LogP contribution in [-0.4, -0.2) is 47.2 Å². The Bertz CT molecular complexity index is 621. The predicted molar refractivity (Wildman–Crippen MR) is 176 cm³/mol. The molecule has 0 saturated carbocycles. The lowest BCUT2D eigenvalue weighted by Gasteiger charge is -2.15. The zero-order chi connectivity index (χ0) is 30.2. The maximum atomic E-state index is 12.1. The maximum absolute atomic E-state index is 12.1. The van der Waals surface area contributed by atoms with Gasteiger partial charge in [0.25, 0.3) is 5.24 Å². The van der Waals surface area contributed by atoms with E-state index in [1.807, 2.05) is 0 Å². The first-order valence-electron chi connectivity index (χ1n) is 17.2. The quantitative estimate of drug-likeness (QED) is 0.0615. The number of rotatable bonds is 30. The van der Waals surface area contributed by atoms with Crippen molar-refractivity contribution in [1.29, 1.82) is 0 Å². The fourth-order valence-electron chi connectivity index (χ4n) is 4.92. The largest absolute Gasteiger partial charge is 0.480 e. The Morgan fingerprint density at radius 1 is 0.537 bits per heavy atom. The molecule has 0 spiro atoms. The molecule has 0 aromatic rings. The lowest BCUT2D eigenvalue weighted by Crippen LogP contribution is -2.47. The van der Waals surface area contributed by atoms with Crippen molar-refractivity contribution in [3.05, 3.63) is 0 Å². The second-order valence-electron chi connectivity index (χ2n) is 11.6. The van der Waals surface area contributed by atoms with Crippen LogP contribution in [-0.2, 0) is 4.79 Å². The summed E-state index contributed by atoms with van der Waals surface area (Å²) in [6.07, 6.45) is 30.3. The number of aliphatic carboxylic acids is 1. The Kier molecular flexibility index (Phi) is 30.4. The van der Waals surface area contributed by atoms with Crippen LogP contribution in [0.15, 0.2) is 0 Å². The number of amides is 3. The average molecular weight is 600 g/mol. The maximum Gasteiger partial charge on any atom is 0.327 e. The number of unbranched alkanes of at least 4 members (excludes halogenated alkanes) is 22. The Hall–Kier alpha value is -1.44. The first-order chi connectivity index (χ1) is 20.0. The summed E-state index contributed by atoms with van der Waals surface area (Å²) in [5.41, 5.74) is 0.